The molecule has 1 rings (SSSR count). The maximum atomic E-state index is 11.7. The molecule has 1 aliphatic rings. The summed E-state index contributed by atoms with van der Waals surface area (Å²) in [6.45, 7) is 2.29. The summed E-state index contributed by atoms with van der Waals surface area (Å²) < 4.78 is 0. The molecule has 1 saturated carbocycles. The van der Waals surface area contributed by atoms with Crippen LogP contribution in [0.1, 0.15) is 39.0 Å². The molecule has 0 aromatic carbocycles. The van der Waals surface area contributed by atoms with E-state index >= 15 is 0 Å². The van der Waals surface area contributed by atoms with E-state index in [-0.39, 0.29) is 0 Å². The minimum atomic E-state index is 0.406. The van der Waals surface area contributed by atoms with Gasteiger partial charge in [-0.15, -0.1) is 0 Å². The Morgan fingerprint density at radius 1 is 1.31 bits per heavy atom. The van der Waals surface area contributed by atoms with Gasteiger partial charge in [0, 0.05) is 12.3 Å². The van der Waals surface area contributed by atoms with Gasteiger partial charge >= 0.3 is 0 Å². The Morgan fingerprint density at radius 3 is 2.46 bits per heavy atom. The van der Waals surface area contributed by atoms with E-state index in [4.69, 9.17) is 0 Å². The molecule has 1 fully saturated rings. The van der Waals surface area contributed by atoms with Crippen molar-refractivity contribution in [3.63, 3.8) is 0 Å². The summed E-state index contributed by atoms with van der Waals surface area (Å²) in [6, 6.07) is 0. The molecule has 1 aliphatic carbocycles. The van der Waals surface area contributed by atoms with Gasteiger partial charge in [-0.2, -0.15) is 11.8 Å². The summed E-state index contributed by atoms with van der Waals surface area (Å²) in [5, 5.41) is 0. The van der Waals surface area contributed by atoms with E-state index in [2.05, 4.69) is 13.2 Å². The van der Waals surface area contributed by atoms with E-state index in [0.29, 0.717) is 11.7 Å². The fourth-order valence-corrected chi connectivity index (χ4v) is 2.39. The number of Topliss-reactive ketones (excluding diaryl/α,β-unsaturated/α-hetero) is 1. The lowest BCUT2D eigenvalue weighted by molar-refractivity contribution is -0.123. The lowest BCUT2D eigenvalue weighted by Gasteiger charge is -2.24. The second-order valence-corrected chi connectivity index (χ2v) is 5.15. The SMILES string of the molecule is CSCCC(=O)C1CCC(C)CC1. The van der Waals surface area contributed by atoms with E-state index in [1.54, 1.807) is 11.8 Å². The Labute approximate surface area is 85.7 Å². The van der Waals surface area contributed by atoms with Crippen LogP contribution < -0.4 is 0 Å². The molecule has 0 aromatic rings. The van der Waals surface area contributed by atoms with Crippen LogP contribution in [0.4, 0.5) is 0 Å². The molecule has 0 spiro atoms. The van der Waals surface area contributed by atoms with Crippen LogP contribution in [0.2, 0.25) is 0 Å². The smallest absolute Gasteiger partial charge is 0.136 e. The van der Waals surface area contributed by atoms with Crippen molar-refractivity contribution in [3.8, 4) is 0 Å². The molecule has 2 heteroatoms. The zero-order chi connectivity index (χ0) is 9.68. The molecule has 0 bridgehead atoms. The highest BCUT2D eigenvalue weighted by Gasteiger charge is 2.23. The predicted molar refractivity (Wildman–Crippen MR) is 59.1 cm³/mol. The van der Waals surface area contributed by atoms with Gasteiger partial charge in [0.1, 0.15) is 5.78 Å². The number of carbonyl (C=O) groups is 1. The molecule has 1 nitrogen and oxygen atoms in total. The third-order valence-corrected chi connectivity index (χ3v) is 3.64. The maximum Gasteiger partial charge on any atom is 0.136 e. The summed E-state index contributed by atoms with van der Waals surface area (Å²) in [4.78, 5) is 11.7. The summed E-state index contributed by atoms with van der Waals surface area (Å²) in [6.07, 6.45) is 7.67. The Hall–Kier alpha value is 0.0200. The molecule has 13 heavy (non-hydrogen) atoms. The fraction of sp³-hybridized carbons (Fsp3) is 0.909. The van der Waals surface area contributed by atoms with Crippen molar-refractivity contribution in [2.45, 2.75) is 39.0 Å². The average molecular weight is 200 g/mol. The molecular weight excluding hydrogens is 180 g/mol. The van der Waals surface area contributed by atoms with Crippen LogP contribution in [-0.2, 0) is 4.79 Å². The normalized spacial score (nSPS) is 28.8. The number of hydrogen-bond donors (Lipinski definition) is 0. The van der Waals surface area contributed by atoms with Crippen LogP contribution in [0.3, 0.4) is 0 Å². The van der Waals surface area contributed by atoms with Gasteiger partial charge in [0.25, 0.3) is 0 Å². The minimum Gasteiger partial charge on any atom is -0.299 e. The van der Waals surface area contributed by atoms with E-state index in [1.807, 2.05) is 0 Å². The summed E-state index contributed by atoms with van der Waals surface area (Å²) >= 11 is 1.77. The third kappa shape index (κ3) is 3.72. The van der Waals surface area contributed by atoms with Gasteiger partial charge in [0.2, 0.25) is 0 Å². The molecule has 0 saturated heterocycles. The first-order valence-electron chi connectivity index (χ1n) is 5.25. The van der Waals surface area contributed by atoms with Gasteiger partial charge < -0.3 is 0 Å². The zero-order valence-electron chi connectivity index (χ0n) is 8.71. The molecule has 0 heterocycles. The van der Waals surface area contributed by atoms with Crippen LogP contribution in [0, 0.1) is 11.8 Å². The van der Waals surface area contributed by atoms with Crippen molar-refractivity contribution >= 4 is 17.5 Å². The third-order valence-electron chi connectivity index (χ3n) is 3.02. The van der Waals surface area contributed by atoms with Crippen LogP contribution >= 0.6 is 11.8 Å². The summed E-state index contributed by atoms with van der Waals surface area (Å²) in [7, 11) is 0. The van der Waals surface area contributed by atoms with Crippen molar-refractivity contribution in [2.75, 3.05) is 12.0 Å². The lowest BCUT2D eigenvalue weighted by Crippen LogP contribution is -2.21. The first-order chi connectivity index (χ1) is 6.24. The van der Waals surface area contributed by atoms with Crippen LogP contribution in [0.25, 0.3) is 0 Å². The van der Waals surface area contributed by atoms with Gasteiger partial charge in [0.15, 0.2) is 0 Å². The van der Waals surface area contributed by atoms with Crippen molar-refractivity contribution in [3.05, 3.63) is 0 Å². The molecule has 0 radical (unpaired) electrons. The quantitative estimate of drug-likeness (QED) is 0.693. The topological polar surface area (TPSA) is 17.1 Å². The molecule has 0 atom stereocenters. The standard InChI is InChI=1S/C11H20OS/c1-9-3-5-10(6-4-9)11(12)7-8-13-2/h9-10H,3-8H2,1-2H3. The highest BCUT2D eigenvalue weighted by atomic mass is 32.2. The Morgan fingerprint density at radius 2 is 1.92 bits per heavy atom. The van der Waals surface area contributed by atoms with Crippen LogP contribution in [-0.4, -0.2) is 17.8 Å². The average Bonchev–Trinajstić information content (AvgIpc) is 2.15. The van der Waals surface area contributed by atoms with Gasteiger partial charge in [-0.25, -0.2) is 0 Å². The maximum absolute atomic E-state index is 11.7. The predicted octanol–water partition coefficient (Wildman–Crippen LogP) is 3.13. The molecule has 0 aromatic heterocycles. The Kier molecular flexibility index (Phi) is 4.86. The Balaban J connectivity index is 2.23. The van der Waals surface area contributed by atoms with Gasteiger partial charge in [0.05, 0.1) is 0 Å². The second kappa shape index (κ2) is 5.69. The first-order valence-corrected chi connectivity index (χ1v) is 6.65. The van der Waals surface area contributed by atoms with Gasteiger partial charge in [-0.3, -0.25) is 4.79 Å². The van der Waals surface area contributed by atoms with Crippen molar-refractivity contribution < 1.29 is 4.79 Å². The summed E-state index contributed by atoms with van der Waals surface area (Å²) in [5.74, 6) is 2.78. The van der Waals surface area contributed by atoms with E-state index in [0.717, 1.165) is 30.9 Å². The minimum absolute atomic E-state index is 0.406. The molecule has 0 amide bonds. The fourth-order valence-electron chi connectivity index (χ4n) is 1.99. The number of thioether (sulfide) groups is 1. The zero-order valence-corrected chi connectivity index (χ0v) is 9.53. The van der Waals surface area contributed by atoms with E-state index in [1.165, 1.54) is 12.8 Å². The van der Waals surface area contributed by atoms with Crippen molar-refractivity contribution in [1.82, 2.24) is 0 Å². The molecule has 0 aliphatic heterocycles. The van der Waals surface area contributed by atoms with E-state index < -0.39 is 0 Å². The Bertz CT molecular complexity index is 159. The second-order valence-electron chi connectivity index (χ2n) is 4.17. The van der Waals surface area contributed by atoms with E-state index in [9.17, 15) is 4.79 Å². The lowest BCUT2D eigenvalue weighted by atomic mass is 9.80. The highest BCUT2D eigenvalue weighted by molar-refractivity contribution is 7.98. The monoisotopic (exact) mass is 200 g/mol. The molecule has 0 unspecified atom stereocenters. The van der Waals surface area contributed by atoms with Crippen molar-refractivity contribution in [1.29, 1.82) is 0 Å². The van der Waals surface area contributed by atoms with Crippen LogP contribution in [0.5, 0.6) is 0 Å². The number of hydrogen-bond acceptors (Lipinski definition) is 2. The molecule has 76 valence electrons. The highest BCUT2D eigenvalue weighted by Crippen LogP contribution is 2.29. The largest absolute Gasteiger partial charge is 0.299 e. The number of carbonyl (C=O) groups excluding carboxylic acids is 1. The summed E-state index contributed by atoms with van der Waals surface area (Å²) in [5.41, 5.74) is 0. The van der Waals surface area contributed by atoms with Gasteiger partial charge in [-0.1, -0.05) is 19.8 Å². The van der Waals surface area contributed by atoms with Gasteiger partial charge in [-0.05, 0) is 30.8 Å². The number of rotatable bonds is 4. The molecular formula is C11H20OS. The molecule has 0 N–H and O–H groups in total. The number of ketones is 1. The van der Waals surface area contributed by atoms with Crippen molar-refractivity contribution in [2.24, 2.45) is 11.8 Å². The van der Waals surface area contributed by atoms with Crippen LogP contribution in [0.15, 0.2) is 0 Å². The first kappa shape index (κ1) is 11.1.